The van der Waals surface area contributed by atoms with Gasteiger partial charge in [0.1, 0.15) is 10.2 Å². The zero-order valence-electron chi connectivity index (χ0n) is 13.5. The normalized spacial score (nSPS) is 28.0. The van der Waals surface area contributed by atoms with Crippen molar-refractivity contribution in [2.45, 2.75) is 45.7 Å². The molecule has 0 unspecified atom stereocenters. The Kier molecular flexibility index (Phi) is 4.88. The summed E-state index contributed by atoms with van der Waals surface area (Å²) in [7, 11) is 0. The van der Waals surface area contributed by atoms with Crippen LogP contribution in [0.2, 0.25) is 0 Å². The number of amidine groups is 1. The van der Waals surface area contributed by atoms with E-state index in [1.54, 1.807) is 0 Å². The smallest absolute Gasteiger partial charge is 0.142 e. The Morgan fingerprint density at radius 1 is 1.32 bits per heavy atom. The number of hydrogen-bond donors (Lipinski definition) is 0. The first-order valence-corrected chi connectivity index (χ1v) is 9.55. The molecule has 0 amide bonds. The molecule has 0 aliphatic carbocycles. The van der Waals surface area contributed by atoms with Crippen LogP contribution in [0.25, 0.3) is 0 Å². The minimum Gasteiger partial charge on any atom is -0.311 e. The molecule has 2 nitrogen and oxygen atoms in total. The molecule has 2 aliphatic heterocycles. The summed E-state index contributed by atoms with van der Waals surface area (Å²) >= 11 is 7.36. The second-order valence-corrected chi connectivity index (χ2v) is 8.28. The van der Waals surface area contributed by atoms with Crippen molar-refractivity contribution in [2.75, 3.05) is 5.75 Å². The zero-order valence-corrected chi connectivity index (χ0v) is 15.2. The third kappa shape index (κ3) is 3.09. The standard InChI is InChI=1S/C18H24N2S2/c1-12(2)16-11-22-18(21)20(16)17-13(3)15(19-17)10-9-14-7-5-4-6-8-14/h4-8,12-13,15-16H,9-11H2,1-3H3/t13-,15-,16-/m1/s1. The summed E-state index contributed by atoms with van der Waals surface area (Å²) < 4.78 is 1.02. The van der Waals surface area contributed by atoms with Gasteiger partial charge in [-0.25, -0.2) is 0 Å². The highest BCUT2D eigenvalue weighted by Gasteiger charge is 2.42. The van der Waals surface area contributed by atoms with Crippen LogP contribution < -0.4 is 0 Å². The van der Waals surface area contributed by atoms with E-state index in [-0.39, 0.29) is 0 Å². The Morgan fingerprint density at radius 2 is 2.05 bits per heavy atom. The van der Waals surface area contributed by atoms with Crippen LogP contribution in [0.4, 0.5) is 0 Å². The monoisotopic (exact) mass is 332 g/mol. The van der Waals surface area contributed by atoms with Gasteiger partial charge in [-0.1, -0.05) is 75.1 Å². The Labute approximate surface area is 143 Å². The van der Waals surface area contributed by atoms with E-state index in [1.165, 1.54) is 11.4 Å². The second-order valence-electron chi connectivity index (χ2n) is 6.63. The Morgan fingerprint density at radius 3 is 2.68 bits per heavy atom. The number of aryl methyl sites for hydroxylation is 1. The second kappa shape index (κ2) is 6.71. The molecule has 1 aromatic carbocycles. The van der Waals surface area contributed by atoms with E-state index < -0.39 is 0 Å². The molecule has 2 heterocycles. The summed E-state index contributed by atoms with van der Waals surface area (Å²) in [6.45, 7) is 6.87. The maximum atomic E-state index is 5.55. The van der Waals surface area contributed by atoms with Crippen LogP contribution in [0.1, 0.15) is 32.8 Å². The third-order valence-corrected chi connectivity index (χ3v) is 6.28. The summed E-state index contributed by atoms with van der Waals surface area (Å²) in [6.07, 6.45) is 2.24. The molecule has 0 aromatic heterocycles. The van der Waals surface area contributed by atoms with Gasteiger partial charge in [0.15, 0.2) is 0 Å². The molecule has 22 heavy (non-hydrogen) atoms. The summed E-state index contributed by atoms with van der Waals surface area (Å²) in [5, 5.41) is 0. The first-order valence-electron chi connectivity index (χ1n) is 8.15. The summed E-state index contributed by atoms with van der Waals surface area (Å²) in [5.41, 5.74) is 1.41. The number of aliphatic imine (C=N–C) groups is 1. The van der Waals surface area contributed by atoms with Crippen molar-refractivity contribution in [1.29, 1.82) is 0 Å². The molecule has 118 valence electrons. The summed E-state index contributed by atoms with van der Waals surface area (Å²) in [6, 6.07) is 11.7. The van der Waals surface area contributed by atoms with Crippen molar-refractivity contribution in [2.24, 2.45) is 16.8 Å². The van der Waals surface area contributed by atoms with Gasteiger partial charge in [-0.05, 0) is 24.3 Å². The number of thioether (sulfide) groups is 1. The van der Waals surface area contributed by atoms with Gasteiger partial charge in [-0.15, -0.1) is 0 Å². The molecule has 1 fully saturated rings. The van der Waals surface area contributed by atoms with Crippen LogP contribution >= 0.6 is 24.0 Å². The van der Waals surface area contributed by atoms with Crippen molar-refractivity contribution >= 4 is 34.1 Å². The van der Waals surface area contributed by atoms with Gasteiger partial charge >= 0.3 is 0 Å². The van der Waals surface area contributed by atoms with Crippen LogP contribution in [-0.2, 0) is 6.42 Å². The largest absolute Gasteiger partial charge is 0.311 e. The van der Waals surface area contributed by atoms with Gasteiger partial charge in [-0.3, -0.25) is 4.99 Å². The highest BCUT2D eigenvalue weighted by Crippen LogP contribution is 2.36. The van der Waals surface area contributed by atoms with E-state index in [0.717, 1.165) is 22.9 Å². The van der Waals surface area contributed by atoms with E-state index in [2.05, 4.69) is 56.0 Å². The lowest BCUT2D eigenvalue weighted by atomic mass is 9.88. The summed E-state index contributed by atoms with van der Waals surface area (Å²) in [5.74, 6) is 3.48. The van der Waals surface area contributed by atoms with Crippen molar-refractivity contribution in [3.05, 3.63) is 35.9 Å². The summed E-state index contributed by atoms with van der Waals surface area (Å²) in [4.78, 5) is 7.27. The lowest BCUT2D eigenvalue weighted by Crippen LogP contribution is -2.51. The number of thiocarbonyl (C=S) groups is 1. The lowest BCUT2D eigenvalue weighted by molar-refractivity contribution is 0.336. The highest BCUT2D eigenvalue weighted by molar-refractivity contribution is 8.23. The highest BCUT2D eigenvalue weighted by atomic mass is 32.2. The molecule has 0 N–H and O–H groups in total. The maximum Gasteiger partial charge on any atom is 0.142 e. The van der Waals surface area contributed by atoms with E-state index >= 15 is 0 Å². The van der Waals surface area contributed by atoms with Gasteiger partial charge in [0.25, 0.3) is 0 Å². The van der Waals surface area contributed by atoms with Crippen LogP contribution in [0.5, 0.6) is 0 Å². The predicted molar refractivity (Wildman–Crippen MR) is 101 cm³/mol. The van der Waals surface area contributed by atoms with Crippen molar-refractivity contribution in [3.8, 4) is 0 Å². The number of hydrogen-bond acceptors (Lipinski definition) is 3. The Bertz CT molecular complexity index is 568. The quantitative estimate of drug-likeness (QED) is 0.760. The van der Waals surface area contributed by atoms with Gasteiger partial charge < -0.3 is 4.90 Å². The SMILES string of the molecule is CC(C)[C@H]1CSC(=S)N1C1=N[C@H](CCc2ccccc2)[C@H]1C. The van der Waals surface area contributed by atoms with Crippen LogP contribution in [0.3, 0.4) is 0 Å². The molecule has 0 radical (unpaired) electrons. The van der Waals surface area contributed by atoms with Crippen molar-refractivity contribution in [1.82, 2.24) is 4.90 Å². The predicted octanol–water partition coefficient (Wildman–Crippen LogP) is 4.39. The Balaban J connectivity index is 1.63. The van der Waals surface area contributed by atoms with Gasteiger partial charge in [0, 0.05) is 17.7 Å². The van der Waals surface area contributed by atoms with Gasteiger partial charge in [0.2, 0.25) is 0 Å². The van der Waals surface area contributed by atoms with Crippen molar-refractivity contribution < 1.29 is 0 Å². The fourth-order valence-corrected chi connectivity index (χ4v) is 4.88. The molecule has 1 aromatic rings. The topological polar surface area (TPSA) is 15.6 Å². The van der Waals surface area contributed by atoms with Crippen LogP contribution in [0, 0.1) is 11.8 Å². The van der Waals surface area contributed by atoms with E-state index in [4.69, 9.17) is 17.2 Å². The fourth-order valence-electron chi connectivity index (χ4n) is 3.23. The molecule has 1 saturated heterocycles. The van der Waals surface area contributed by atoms with E-state index in [9.17, 15) is 0 Å². The molecular formula is C18H24N2S2. The molecule has 3 rings (SSSR count). The molecular weight excluding hydrogens is 308 g/mol. The van der Waals surface area contributed by atoms with Crippen LogP contribution in [-0.4, -0.2) is 32.9 Å². The number of rotatable bonds is 4. The first kappa shape index (κ1) is 16.0. The third-order valence-electron chi connectivity index (χ3n) is 4.78. The molecule has 3 atom stereocenters. The minimum absolute atomic E-state index is 0.455. The first-order chi connectivity index (χ1) is 10.6. The fraction of sp³-hybridized carbons (Fsp3) is 0.556. The Hall–Kier alpha value is -0.870. The zero-order chi connectivity index (χ0) is 15.7. The minimum atomic E-state index is 0.455. The number of benzene rings is 1. The average Bonchev–Trinajstić information content (AvgIpc) is 2.88. The molecule has 0 spiro atoms. The van der Waals surface area contributed by atoms with Crippen LogP contribution in [0.15, 0.2) is 35.3 Å². The van der Waals surface area contributed by atoms with E-state index in [0.29, 0.717) is 23.9 Å². The molecule has 4 heteroatoms. The number of nitrogens with zero attached hydrogens (tertiary/aromatic N) is 2. The average molecular weight is 333 g/mol. The van der Waals surface area contributed by atoms with Crippen molar-refractivity contribution in [3.63, 3.8) is 0 Å². The molecule has 0 saturated carbocycles. The van der Waals surface area contributed by atoms with E-state index in [1.807, 2.05) is 11.8 Å². The van der Waals surface area contributed by atoms with Gasteiger partial charge in [-0.2, -0.15) is 0 Å². The molecule has 2 aliphatic rings. The van der Waals surface area contributed by atoms with Gasteiger partial charge in [0.05, 0.1) is 6.04 Å². The molecule has 0 bridgehead atoms. The lowest BCUT2D eigenvalue weighted by Gasteiger charge is -2.40. The maximum absolute atomic E-state index is 5.55.